The largest absolute Gasteiger partial charge is 0.117 e. The molecule has 0 saturated heterocycles. The van der Waals surface area contributed by atoms with Crippen LogP contribution in [-0.4, -0.2) is 5.38 Å². The molecule has 0 aromatic carbocycles. The summed E-state index contributed by atoms with van der Waals surface area (Å²) in [6, 6.07) is 0. The van der Waals surface area contributed by atoms with Gasteiger partial charge in [0.15, 0.2) is 0 Å². The predicted octanol–water partition coefficient (Wildman–Crippen LogP) is 3.30. The van der Waals surface area contributed by atoms with Gasteiger partial charge in [0.05, 0.1) is 5.38 Å². The summed E-state index contributed by atoms with van der Waals surface area (Å²) in [4.78, 5) is 0. The molecule has 2 heteroatoms. The van der Waals surface area contributed by atoms with Crippen molar-refractivity contribution in [1.82, 2.24) is 0 Å². The van der Waals surface area contributed by atoms with Crippen LogP contribution in [0.25, 0.3) is 0 Å². The first-order valence-corrected chi connectivity index (χ1v) is 3.89. The minimum atomic E-state index is 0.111. The summed E-state index contributed by atoms with van der Waals surface area (Å²) in [6.07, 6.45) is 2.12. The Labute approximate surface area is 64.0 Å². The highest BCUT2D eigenvalue weighted by Crippen LogP contribution is 2.18. The lowest BCUT2D eigenvalue weighted by atomic mass is 10.2. The zero-order valence-corrected chi connectivity index (χ0v) is 7.30. The van der Waals surface area contributed by atoms with E-state index in [-0.39, 0.29) is 5.38 Å². The first kappa shape index (κ1) is 8.51. The smallest absolute Gasteiger partial charge is 0.0644 e. The fraction of sp³-hybridized carbons (Fsp3) is 0.667. The number of alkyl halides is 1. The molecule has 1 atom stereocenters. The molecule has 0 radical (unpaired) electrons. The molecule has 0 bridgehead atoms. The van der Waals surface area contributed by atoms with E-state index in [1.165, 1.54) is 0 Å². The lowest BCUT2D eigenvalue weighted by Gasteiger charge is -2.02. The maximum Gasteiger partial charge on any atom is 0.0644 e. The van der Waals surface area contributed by atoms with E-state index < -0.39 is 0 Å². The van der Waals surface area contributed by atoms with E-state index in [4.69, 9.17) is 11.6 Å². The van der Waals surface area contributed by atoms with Gasteiger partial charge in [-0.15, -0.1) is 11.6 Å². The molecule has 0 N–H and O–H groups in total. The molecule has 48 valence electrons. The Bertz CT molecular complexity index is 80.6. The van der Waals surface area contributed by atoms with Crippen molar-refractivity contribution >= 4 is 27.5 Å². The van der Waals surface area contributed by atoms with Crippen LogP contribution in [0.5, 0.6) is 0 Å². The van der Waals surface area contributed by atoms with E-state index in [1.54, 1.807) is 0 Å². The molecular weight excluding hydrogens is 187 g/mol. The van der Waals surface area contributed by atoms with Gasteiger partial charge in [0.1, 0.15) is 0 Å². The Morgan fingerprint density at radius 2 is 2.38 bits per heavy atom. The third-order valence-corrected chi connectivity index (χ3v) is 2.18. The molecule has 0 saturated carbocycles. The van der Waals surface area contributed by atoms with Crippen LogP contribution in [0, 0.1) is 0 Å². The standard InChI is InChI=1S/C6H10BrCl/c1-3-4-6(8)5(2)7/h6H,2-4H2,1H3. The highest BCUT2D eigenvalue weighted by Gasteiger charge is 2.02. The van der Waals surface area contributed by atoms with Gasteiger partial charge in [-0.2, -0.15) is 0 Å². The Kier molecular flexibility index (Phi) is 4.68. The molecule has 0 aliphatic heterocycles. The molecule has 0 aromatic rings. The topological polar surface area (TPSA) is 0 Å². The van der Waals surface area contributed by atoms with Crippen molar-refractivity contribution in [2.45, 2.75) is 25.1 Å². The number of hydrogen-bond donors (Lipinski definition) is 0. The molecule has 0 aliphatic carbocycles. The van der Waals surface area contributed by atoms with Crippen LogP contribution >= 0.6 is 27.5 Å². The molecule has 0 rings (SSSR count). The van der Waals surface area contributed by atoms with E-state index in [0.717, 1.165) is 17.3 Å². The summed E-state index contributed by atoms with van der Waals surface area (Å²) < 4.78 is 0.890. The molecule has 0 heterocycles. The summed E-state index contributed by atoms with van der Waals surface area (Å²) in [5.74, 6) is 0. The van der Waals surface area contributed by atoms with Gasteiger partial charge in [-0.1, -0.05) is 35.9 Å². The number of hydrogen-bond acceptors (Lipinski definition) is 0. The van der Waals surface area contributed by atoms with Crippen LogP contribution in [0.3, 0.4) is 0 Å². The molecule has 0 spiro atoms. The van der Waals surface area contributed by atoms with Crippen molar-refractivity contribution in [3.05, 3.63) is 11.1 Å². The van der Waals surface area contributed by atoms with E-state index >= 15 is 0 Å². The van der Waals surface area contributed by atoms with Crippen molar-refractivity contribution < 1.29 is 0 Å². The first-order valence-electron chi connectivity index (χ1n) is 2.66. The second-order valence-electron chi connectivity index (χ2n) is 1.70. The summed E-state index contributed by atoms with van der Waals surface area (Å²) in [5, 5.41) is 0.111. The van der Waals surface area contributed by atoms with Crippen LogP contribution in [0.15, 0.2) is 11.1 Å². The van der Waals surface area contributed by atoms with Crippen LogP contribution < -0.4 is 0 Å². The van der Waals surface area contributed by atoms with Gasteiger partial charge in [0.25, 0.3) is 0 Å². The molecule has 1 unspecified atom stereocenters. The number of rotatable bonds is 3. The minimum Gasteiger partial charge on any atom is -0.117 e. The van der Waals surface area contributed by atoms with Gasteiger partial charge >= 0.3 is 0 Å². The van der Waals surface area contributed by atoms with Gasteiger partial charge in [0, 0.05) is 4.48 Å². The fourth-order valence-corrected chi connectivity index (χ4v) is 0.857. The lowest BCUT2D eigenvalue weighted by Crippen LogP contribution is -1.94. The first-order chi connectivity index (χ1) is 3.68. The van der Waals surface area contributed by atoms with Crippen molar-refractivity contribution in [3.63, 3.8) is 0 Å². The van der Waals surface area contributed by atoms with Gasteiger partial charge in [-0.05, 0) is 6.42 Å². The monoisotopic (exact) mass is 196 g/mol. The van der Waals surface area contributed by atoms with Crippen molar-refractivity contribution in [2.24, 2.45) is 0 Å². The second kappa shape index (κ2) is 4.39. The maximum atomic E-state index is 5.77. The third-order valence-electron chi connectivity index (χ3n) is 0.882. The van der Waals surface area contributed by atoms with E-state index in [0.29, 0.717) is 0 Å². The van der Waals surface area contributed by atoms with Gasteiger partial charge < -0.3 is 0 Å². The highest BCUT2D eigenvalue weighted by molar-refractivity contribution is 9.11. The van der Waals surface area contributed by atoms with Crippen molar-refractivity contribution in [3.8, 4) is 0 Å². The Morgan fingerprint density at radius 1 is 1.88 bits per heavy atom. The Morgan fingerprint density at radius 3 is 2.50 bits per heavy atom. The molecular formula is C6H10BrCl. The molecule has 0 aliphatic rings. The predicted molar refractivity (Wildman–Crippen MR) is 42.6 cm³/mol. The lowest BCUT2D eigenvalue weighted by molar-refractivity contribution is 0.818. The maximum absolute atomic E-state index is 5.77. The summed E-state index contributed by atoms with van der Waals surface area (Å²) >= 11 is 8.98. The zero-order valence-electron chi connectivity index (χ0n) is 4.95. The van der Waals surface area contributed by atoms with E-state index in [9.17, 15) is 0 Å². The average Bonchev–Trinajstić information content (AvgIpc) is 1.67. The van der Waals surface area contributed by atoms with E-state index in [1.807, 2.05) is 0 Å². The second-order valence-corrected chi connectivity index (χ2v) is 3.25. The minimum absolute atomic E-state index is 0.111. The Balaban J connectivity index is 3.32. The Hall–Kier alpha value is 0.510. The zero-order chi connectivity index (χ0) is 6.57. The molecule has 0 amide bonds. The third kappa shape index (κ3) is 3.50. The highest BCUT2D eigenvalue weighted by atomic mass is 79.9. The average molecular weight is 198 g/mol. The van der Waals surface area contributed by atoms with Crippen LogP contribution in [0.4, 0.5) is 0 Å². The van der Waals surface area contributed by atoms with Gasteiger partial charge in [-0.25, -0.2) is 0 Å². The number of allylic oxidation sites excluding steroid dienone is 1. The SMILES string of the molecule is C=C(Br)C(Cl)CCC. The van der Waals surface area contributed by atoms with Crippen LogP contribution in [0.1, 0.15) is 19.8 Å². The molecule has 8 heavy (non-hydrogen) atoms. The normalized spacial score (nSPS) is 13.4. The van der Waals surface area contributed by atoms with Gasteiger partial charge in [-0.3, -0.25) is 0 Å². The molecule has 0 aromatic heterocycles. The van der Waals surface area contributed by atoms with Crippen molar-refractivity contribution in [2.75, 3.05) is 0 Å². The molecule has 0 nitrogen and oxygen atoms in total. The summed E-state index contributed by atoms with van der Waals surface area (Å²) in [5.41, 5.74) is 0. The van der Waals surface area contributed by atoms with Crippen LogP contribution in [0.2, 0.25) is 0 Å². The molecule has 0 fully saturated rings. The number of halogens is 2. The summed E-state index contributed by atoms with van der Waals surface area (Å²) in [7, 11) is 0. The van der Waals surface area contributed by atoms with Crippen LogP contribution in [-0.2, 0) is 0 Å². The van der Waals surface area contributed by atoms with E-state index in [2.05, 4.69) is 29.4 Å². The van der Waals surface area contributed by atoms with Crippen molar-refractivity contribution in [1.29, 1.82) is 0 Å². The fourth-order valence-electron chi connectivity index (χ4n) is 0.410. The summed E-state index contributed by atoms with van der Waals surface area (Å²) in [6.45, 7) is 5.76. The quantitative estimate of drug-likeness (QED) is 0.609. The van der Waals surface area contributed by atoms with Gasteiger partial charge in [0.2, 0.25) is 0 Å².